The Morgan fingerprint density at radius 1 is 1.33 bits per heavy atom. The average Bonchev–Trinajstić information content (AvgIpc) is 2.87. The van der Waals surface area contributed by atoms with Gasteiger partial charge in [-0.05, 0) is 47.9 Å². The number of ether oxygens (including phenoxy) is 1. The van der Waals surface area contributed by atoms with E-state index in [1.54, 1.807) is 19.1 Å². The van der Waals surface area contributed by atoms with Crippen molar-refractivity contribution >= 4 is 17.7 Å². The third-order valence-electron chi connectivity index (χ3n) is 4.19. The fraction of sp³-hybridized carbons (Fsp3) is 0.200. The van der Waals surface area contributed by atoms with Crippen LogP contribution in [0.4, 0.5) is 5.69 Å². The molecule has 0 radical (unpaired) electrons. The van der Waals surface area contributed by atoms with Crippen LogP contribution in [0.15, 0.2) is 58.4 Å². The van der Waals surface area contributed by atoms with E-state index in [2.05, 4.69) is 21.7 Å². The molecule has 7 nitrogen and oxygen atoms in total. The maximum absolute atomic E-state index is 12.2. The number of esters is 1. The van der Waals surface area contributed by atoms with Crippen molar-refractivity contribution in [2.24, 2.45) is 16.2 Å². The summed E-state index contributed by atoms with van der Waals surface area (Å²) in [6.45, 7) is 2.06. The molecule has 1 aliphatic rings. The molecule has 2 aromatic rings. The predicted octanol–water partition coefficient (Wildman–Crippen LogP) is 3.64. The predicted molar refractivity (Wildman–Crippen MR) is 102 cm³/mol. The van der Waals surface area contributed by atoms with Crippen LogP contribution in [-0.4, -0.2) is 18.7 Å². The van der Waals surface area contributed by atoms with Crippen molar-refractivity contribution in [3.63, 3.8) is 0 Å². The molecule has 1 aliphatic heterocycles. The number of carbonyl (C=O) groups excluding carboxylic acids is 1. The lowest BCUT2D eigenvalue weighted by Crippen LogP contribution is -2.19. The average molecular weight is 361 g/mol. The smallest absolute Gasteiger partial charge is 0.334 e. The molecule has 3 rings (SSSR count). The Morgan fingerprint density at radius 2 is 2.15 bits per heavy atom. The van der Waals surface area contributed by atoms with Crippen LogP contribution in [0.1, 0.15) is 24.5 Å². The minimum atomic E-state index is -0.479. The number of carbonyl (C=O) groups is 1. The molecule has 2 aromatic carbocycles. The summed E-state index contributed by atoms with van der Waals surface area (Å²) < 4.78 is 5.13. The van der Waals surface area contributed by atoms with Crippen molar-refractivity contribution in [3.8, 4) is 17.2 Å². The summed E-state index contributed by atoms with van der Waals surface area (Å²) in [6, 6.07) is 15.3. The highest BCUT2D eigenvalue weighted by Gasteiger charge is 2.22. The van der Waals surface area contributed by atoms with Crippen LogP contribution in [0.5, 0.6) is 0 Å². The first-order valence-corrected chi connectivity index (χ1v) is 8.53. The standard InChI is InChI=1S/C20H19N5O2/c1-2-27-20(26)17-9-16-7-6-15(14-5-3-4-13(8-14)12-21)10-18(16)23-19(11-17)24-25-22/h3-10,19,23H,2,11H2,1H3,(H2,22,24). The number of hydrogen-bond donors (Lipinski definition) is 2. The topological polar surface area (TPSA) is 113 Å². The Morgan fingerprint density at radius 3 is 2.89 bits per heavy atom. The van der Waals surface area contributed by atoms with Gasteiger partial charge in [0.1, 0.15) is 6.17 Å². The Labute approximate surface area is 157 Å². The number of anilines is 1. The van der Waals surface area contributed by atoms with E-state index in [0.29, 0.717) is 24.2 Å². The molecule has 0 saturated carbocycles. The van der Waals surface area contributed by atoms with Gasteiger partial charge in [-0.15, -0.1) is 5.11 Å². The van der Waals surface area contributed by atoms with Gasteiger partial charge in [-0.2, -0.15) is 5.26 Å². The van der Waals surface area contributed by atoms with Gasteiger partial charge in [0.2, 0.25) is 0 Å². The van der Waals surface area contributed by atoms with E-state index in [4.69, 9.17) is 15.8 Å². The molecule has 7 heteroatoms. The summed E-state index contributed by atoms with van der Waals surface area (Å²) in [7, 11) is 0. The van der Waals surface area contributed by atoms with Crippen LogP contribution in [0.2, 0.25) is 0 Å². The van der Waals surface area contributed by atoms with Crippen molar-refractivity contribution in [1.29, 1.82) is 5.26 Å². The number of fused-ring (bicyclic) bond motifs is 1. The van der Waals surface area contributed by atoms with Gasteiger partial charge in [-0.25, -0.2) is 4.79 Å². The van der Waals surface area contributed by atoms with Crippen molar-refractivity contribution < 1.29 is 9.53 Å². The zero-order chi connectivity index (χ0) is 19.2. The Kier molecular flexibility index (Phi) is 5.47. The van der Waals surface area contributed by atoms with E-state index >= 15 is 0 Å². The summed E-state index contributed by atoms with van der Waals surface area (Å²) in [5.41, 5.74) is 4.60. The maximum Gasteiger partial charge on any atom is 0.334 e. The molecule has 0 saturated heterocycles. The van der Waals surface area contributed by atoms with Crippen molar-refractivity contribution in [1.82, 2.24) is 0 Å². The number of hydrogen-bond acceptors (Lipinski definition) is 6. The molecule has 0 amide bonds. The molecule has 0 spiro atoms. The minimum absolute atomic E-state index is 0.299. The first kappa shape index (κ1) is 18.1. The van der Waals surface area contributed by atoms with Gasteiger partial charge < -0.3 is 15.9 Å². The van der Waals surface area contributed by atoms with Crippen LogP contribution < -0.4 is 11.2 Å². The van der Waals surface area contributed by atoms with E-state index in [0.717, 1.165) is 22.4 Å². The lowest BCUT2D eigenvalue weighted by atomic mass is 10.00. The van der Waals surface area contributed by atoms with Gasteiger partial charge in [0.15, 0.2) is 0 Å². The summed E-state index contributed by atoms with van der Waals surface area (Å²) in [5.74, 6) is 4.84. The quantitative estimate of drug-likeness (QED) is 0.373. The van der Waals surface area contributed by atoms with Gasteiger partial charge in [-0.1, -0.05) is 29.5 Å². The molecular formula is C20H19N5O2. The molecule has 1 unspecified atom stereocenters. The Balaban J connectivity index is 2.03. The van der Waals surface area contributed by atoms with Crippen LogP contribution in [0.25, 0.3) is 17.2 Å². The summed E-state index contributed by atoms with van der Waals surface area (Å²) in [5, 5.41) is 19.7. The van der Waals surface area contributed by atoms with Gasteiger partial charge in [-0.3, -0.25) is 0 Å². The highest BCUT2D eigenvalue weighted by Crippen LogP contribution is 2.32. The zero-order valence-electron chi connectivity index (χ0n) is 14.8. The van der Waals surface area contributed by atoms with Gasteiger partial charge >= 0.3 is 5.97 Å². The lowest BCUT2D eigenvalue weighted by Gasteiger charge is -2.14. The second-order valence-electron chi connectivity index (χ2n) is 5.98. The molecule has 27 heavy (non-hydrogen) atoms. The van der Waals surface area contributed by atoms with Crippen LogP contribution in [-0.2, 0) is 9.53 Å². The highest BCUT2D eigenvalue weighted by atomic mass is 16.5. The van der Waals surface area contributed by atoms with E-state index in [1.165, 1.54) is 0 Å². The molecule has 1 heterocycles. The summed E-state index contributed by atoms with van der Waals surface area (Å²) in [4.78, 5) is 12.2. The first-order chi connectivity index (χ1) is 13.1. The Hall–Kier alpha value is -3.66. The Bertz CT molecular complexity index is 959. The van der Waals surface area contributed by atoms with E-state index in [9.17, 15) is 4.79 Å². The molecule has 0 aromatic heterocycles. The van der Waals surface area contributed by atoms with Gasteiger partial charge in [0.05, 0.1) is 18.2 Å². The number of benzene rings is 2. The van der Waals surface area contributed by atoms with Crippen molar-refractivity contribution in [2.75, 3.05) is 11.9 Å². The van der Waals surface area contributed by atoms with E-state index in [-0.39, 0.29) is 5.97 Å². The normalized spacial score (nSPS) is 15.9. The SMILES string of the molecule is CCOC(=O)C1=Cc2ccc(-c3cccc(C#N)c3)cc2NC(N=NN)C1. The molecule has 0 bridgehead atoms. The molecular weight excluding hydrogens is 342 g/mol. The highest BCUT2D eigenvalue weighted by molar-refractivity contribution is 5.96. The first-order valence-electron chi connectivity index (χ1n) is 8.53. The molecule has 0 aliphatic carbocycles. The monoisotopic (exact) mass is 361 g/mol. The van der Waals surface area contributed by atoms with Crippen LogP contribution in [0.3, 0.4) is 0 Å². The summed E-state index contributed by atoms with van der Waals surface area (Å²) >= 11 is 0. The molecule has 0 fully saturated rings. The minimum Gasteiger partial charge on any atom is -0.463 e. The van der Waals surface area contributed by atoms with Crippen molar-refractivity contribution in [3.05, 3.63) is 59.2 Å². The van der Waals surface area contributed by atoms with Crippen molar-refractivity contribution in [2.45, 2.75) is 19.5 Å². The number of nitriles is 1. The number of nitrogens with zero attached hydrogens (tertiary/aromatic N) is 3. The molecule has 136 valence electrons. The fourth-order valence-corrected chi connectivity index (χ4v) is 2.96. The van der Waals surface area contributed by atoms with E-state index < -0.39 is 6.17 Å². The fourth-order valence-electron chi connectivity index (χ4n) is 2.96. The molecule has 1 atom stereocenters. The van der Waals surface area contributed by atoms with E-state index in [1.807, 2.05) is 36.4 Å². The number of nitrogens with two attached hydrogens (primary N) is 1. The zero-order valence-corrected chi connectivity index (χ0v) is 14.8. The summed E-state index contributed by atoms with van der Waals surface area (Å²) in [6.07, 6.45) is 1.63. The second kappa shape index (κ2) is 8.15. The van der Waals surface area contributed by atoms with Gasteiger partial charge in [0.25, 0.3) is 0 Å². The number of rotatable bonds is 4. The number of nitrogens with one attached hydrogen (secondary N) is 1. The largest absolute Gasteiger partial charge is 0.463 e. The lowest BCUT2D eigenvalue weighted by molar-refractivity contribution is -0.138. The third-order valence-corrected chi connectivity index (χ3v) is 4.19. The van der Waals surface area contributed by atoms with Crippen LogP contribution in [0, 0.1) is 11.3 Å². The third kappa shape index (κ3) is 4.12. The van der Waals surface area contributed by atoms with Gasteiger partial charge in [0, 0.05) is 17.7 Å². The maximum atomic E-state index is 12.2. The molecule has 3 N–H and O–H groups in total. The second-order valence-corrected chi connectivity index (χ2v) is 5.98. The van der Waals surface area contributed by atoms with Crippen LogP contribution >= 0.6 is 0 Å².